The summed E-state index contributed by atoms with van der Waals surface area (Å²) in [5, 5.41) is 9.98. The molecule has 2 N–H and O–H groups in total. The topological polar surface area (TPSA) is 70.7 Å². The van der Waals surface area contributed by atoms with Crippen molar-refractivity contribution in [3.8, 4) is 0 Å². The van der Waals surface area contributed by atoms with Crippen LogP contribution in [0.1, 0.15) is 36.8 Å². The quantitative estimate of drug-likeness (QED) is 0.887. The highest BCUT2D eigenvalue weighted by Gasteiger charge is 2.18. The third-order valence-electron chi connectivity index (χ3n) is 2.64. The minimum atomic E-state index is -0.306. The molecule has 0 unspecified atom stereocenters. The number of H-pyrrole nitrogens is 1. The van der Waals surface area contributed by atoms with E-state index in [0.29, 0.717) is 16.4 Å². The highest BCUT2D eigenvalue weighted by Crippen LogP contribution is 2.22. The lowest BCUT2D eigenvalue weighted by molar-refractivity contribution is 0.102. The van der Waals surface area contributed by atoms with Crippen LogP contribution in [-0.2, 0) is 5.41 Å². The zero-order chi connectivity index (χ0) is 14.0. The molecule has 2 aromatic heterocycles. The van der Waals surface area contributed by atoms with Gasteiger partial charge < -0.3 is 5.32 Å². The molecule has 19 heavy (non-hydrogen) atoms. The Morgan fingerprint density at radius 1 is 1.42 bits per heavy atom. The van der Waals surface area contributed by atoms with Crippen LogP contribution in [0, 0.1) is 0 Å². The van der Waals surface area contributed by atoms with Crippen LogP contribution in [0.4, 0.5) is 5.82 Å². The van der Waals surface area contributed by atoms with E-state index < -0.39 is 0 Å². The summed E-state index contributed by atoms with van der Waals surface area (Å²) in [6.07, 6.45) is 2.95. The number of nitrogens with zero attached hydrogens (tertiary/aromatic N) is 2. The van der Waals surface area contributed by atoms with Crippen molar-refractivity contribution >= 4 is 23.3 Å². The van der Waals surface area contributed by atoms with Crippen LogP contribution in [0.15, 0.2) is 24.5 Å². The molecule has 0 spiro atoms. The van der Waals surface area contributed by atoms with Crippen LogP contribution in [0.5, 0.6) is 0 Å². The maximum atomic E-state index is 12.0. The van der Waals surface area contributed by atoms with Gasteiger partial charge in [0.2, 0.25) is 0 Å². The van der Waals surface area contributed by atoms with Crippen LogP contribution in [0.2, 0.25) is 5.02 Å². The lowest BCUT2D eigenvalue weighted by Gasteiger charge is -2.14. The van der Waals surface area contributed by atoms with Gasteiger partial charge in [-0.3, -0.25) is 14.9 Å². The van der Waals surface area contributed by atoms with E-state index in [1.165, 1.54) is 12.4 Å². The van der Waals surface area contributed by atoms with Gasteiger partial charge in [-0.1, -0.05) is 32.4 Å². The minimum Gasteiger partial charge on any atom is -0.305 e. The van der Waals surface area contributed by atoms with E-state index in [9.17, 15) is 4.79 Å². The van der Waals surface area contributed by atoms with Crippen molar-refractivity contribution in [3.63, 3.8) is 0 Å². The first-order chi connectivity index (χ1) is 8.88. The average molecular weight is 279 g/mol. The van der Waals surface area contributed by atoms with E-state index in [4.69, 9.17) is 11.6 Å². The van der Waals surface area contributed by atoms with Crippen molar-refractivity contribution < 1.29 is 4.79 Å². The number of carbonyl (C=O) groups excluding carboxylic acids is 1. The molecular weight excluding hydrogens is 264 g/mol. The summed E-state index contributed by atoms with van der Waals surface area (Å²) >= 11 is 5.91. The lowest BCUT2D eigenvalue weighted by atomic mass is 9.92. The average Bonchev–Trinajstić information content (AvgIpc) is 2.77. The van der Waals surface area contributed by atoms with Gasteiger partial charge in [-0.25, -0.2) is 0 Å². The van der Waals surface area contributed by atoms with E-state index in [1.807, 2.05) is 6.07 Å². The second-order valence-corrected chi connectivity index (χ2v) is 5.63. The molecule has 0 saturated carbocycles. The molecule has 0 aliphatic heterocycles. The Bertz CT molecular complexity index is 601. The van der Waals surface area contributed by atoms with Crippen molar-refractivity contribution in [2.24, 2.45) is 0 Å². The monoisotopic (exact) mass is 278 g/mol. The number of pyridine rings is 1. The fourth-order valence-electron chi connectivity index (χ4n) is 1.51. The predicted molar refractivity (Wildman–Crippen MR) is 74.5 cm³/mol. The molecule has 100 valence electrons. The fourth-order valence-corrected chi connectivity index (χ4v) is 1.72. The van der Waals surface area contributed by atoms with Gasteiger partial charge in [-0.15, -0.1) is 0 Å². The molecule has 0 bridgehead atoms. The van der Waals surface area contributed by atoms with E-state index in [-0.39, 0.29) is 11.3 Å². The Kier molecular flexibility index (Phi) is 3.57. The molecule has 2 heterocycles. The zero-order valence-corrected chi connectivity index (χ0v) is 11.7. The normalized spacial score (nSPS) is 11.4. The van der Waals surface area contributed by atoms with Gasteiger partial charge in [0, 0.05) is 29.6 Å². The first-order valence-electron chi connectivity index (χ1n) is 5.84. The number of hydrogen-bond donors (Lipinski definition) is 2. The molecule has 0 atom stereocenters. The smallest absolute Gasteiger partial charge is 0.258 e. The third kappa shape index (κ3) is 3.12. The van der Waals surface area contributed by atoms with Crippen LogP contribution in [0.3, 0.4) is 0 Å². The third-order valence-corrected chi connectivity index (χ3v) is 2.95. The number of hydrogen-bond acceptors (Lipinski definition) is 3. The molecule has 2 aromatic rings. The summed E-state index contributed by atoms with van der Waals surface area (Å²) in [4.78, 5) is 15.9. The summed E-state index contributed by atoms with van der Waals surface area (Å²) in [6, 6.07) is 3.38. The highest BCUT2D eigenvalue weighted by molar-refractivity contribution is 6.34. The van der Waals surface area contributed by atoms with Gasteiger partial charge in [-0.05, 0) is 6.07 Å². The molecule has 6 heteroatoms. The van der Waals surface area contributed by atoms with Gasteiger partial charge in [0.05, 0.1) is 10.6 Å². The number of anilines is 1. The lowest BCUT2D eigenvalue weighted by Crippen LogP contribution is -2.13. The van der Waals surface area contributed by atoms with Crippen molar-refractivity contribution in [1.82, 2.24) is 15.2 Å². The second kappa shape index (κ2) is 5.01. The Hall–Kier alpha value is -1.88. The summed E-state index contributed by atoms with van der Waals surface area (Å²) in [5.74, 6) is 0.169. The standard InChI is InChI=1S/C13H15ClN4O/c1-13(2,3)10-6-11(18-17-10)16-12(19)8-4-5-15-7-9(8)14/h4-7H,1-3H3,(H2,16,17,18,19). The Morgan fingerprint density at radius 2 is 2.16 bits per heavy atom. The molecule has 0 aliphatic rings. The Balaban J connectivity index is 2.16. The first-order valence-corrected chi connectivity index (χ1v) is 6.22. The maximum absolute atomic E-state index is 12.0. The molecule has 1 amide bonds. The van der Waals surface area contributed by atoms with Crippen molar-refractivity contribution in [3.05, 3.63) is 40.8 Å². The van der Waals surface area contributed by atoms with Crippen LogP contribution in [-0.4, -0.2) is 21.1 Å². The molecule has 0 aliphatic carbocycles. The van der Waals surface area contributed by atoms with Gasteiger partial charge in [0.25, 0.3) is 5.91 Å². The number of carbonyl (C=O) groups is 1. The van der Waals surface area contributed by atoms with E-state index in [1.54, 1.807) is 6.07 Å². The zero-order valence-electron chi connectivity index (χ0n) is 11.0. The molecule has 0 aromatic carbocycles. The minimum absolute atomic E-state index is 0.0513. The maximum Gasteiger partial charge on any atom is 0.258 e. The summed E-state index contributed by atoms with van der Waals surface area (Å²) in [5.41, 5.74) is 1.27. The number of nitrogens with one attached hydrogen (secondary N) is 2. The number of amides is 1. The number of aromatic nitrogens is 3. The number of halogens is 1. The van der Waals surface area contributed by atoms with Gasteiger partial charge >= 0.3 is 0 Å². The molecule has 0 fully saturated rings. The molecule has 2 rings (SSSR count). The summed E-state index contributed by atoms with van der Waals surface area (Å²) in [6.45, 7) is 6.18. The van der Waals surface area contributed by atoms with Crippen LogP contribution in [0.25, 0.3) is 0 Å². The van der Waals surface area contributed by atoms with Crippen molar-refractivity contribution in [1.29, 1.82) is 0 Å². The van der Waals surface area contributed by atoms with Crippen LogP contribution < -0.4 is 5.32 Å². The summed E-state index contributed by atoms with van der Waals surface area (Å²) in [7, 11) is 0. The largest absolute Gasteiger partial charge is 0.305 e. The number of aromatic amines is 1. The molecule has 0 saturated heterocycles. The SMILES string of the molecule is CC(C)(C)c1cc(NC(=O)c2ccncc2Cl)n[nH]1. The molecular formula is C13H15ClN4O. The van der Waals surface area contributed by atoms with E-state index in [2.05, 4.69) is 41.3 Å². The van der Waals surface area contributed by atoms with Crippen LogP contribution >= 0.6 is 11.6 Å². The Labute approximate surface area is 116 Å². The van der Waals surface area contributed by atoms with E-state index in [0.717, 1.165) is 5.69 Å². The molecule has 5 nitrogen and oxygen atoms in total. The van der Waals surface area contributed by atoms with E-state index >= 15 is 0 Å². The highest BCUT2D eigenvalue weighted by atomic mass is 35.5. The number of rotatable bonds is 2. The van der Waals surface area contributed by atoms with Crippen molar-refractivity contribution in [2.45, 2.75) is 26.2 Å². The van der Waals surface area contributed by atoms with Gasteiger partial charge in [-0.2, -0.15) is 5.10 Å². The summed E-state index contributed by atoms with van der Waals surface area (Å²) < 4.78 is 0. The predicted octanol–water partition coefficient (Wildman–Crippen LogP) is 3.01. The molecule has 0 radical (unpaired) electrons. The Morgan fingerprint density at radius 3 is 2.74 bits per heavy atom. The van der Waals surface area contributed by atoms with Gasteiger partial charge in [0.1, 0.15) is 0 Å². The van der Waals surface area contributed by atoms with Gasteiger partial charge in [0.15, 0.2) is 5.82 Å². The fraction of sp³-hybridized carbons (Fsp3) is 0.308. The second-order valence-electron chi connectivity index (χ2n) is 5.23. The van der Waals surface area contributed by atoms with Crippen molar-refractivity contribution in [2.75, 3.05) is 5.32 Å². The first kappa shape index (κ1) is 13.5.